The van der Waals surface area contributed by atoms with Crippen LogP contribution >= 0.6 is 0 Å². The molecule has 1 saturated heterocycles. The normalized spacial score (nSPS) is 17.8. The van der Waals surface area contributed by atoms with Crippen LogP contribution in [0.15, 0.2) is 30.3 Å². The molecular weight excluding hydrogens is 473 g/mol. The minimum Gasteiger partial charge on any atom is -0.386 e. The number of carbonyl (C=O) groups is 2. The van der Waals surface area contributed by atoms with Gasteiger partial charge in [-0.1, -0.05) is 6.07 Å². The highest BCUT2D eigenvalue weighted by atomic mass is 19.4. The van der Waals surface area contributed by atoms with Gasteiger partial charge in [-0.2, -0.15) is 13.2 Å². The van der Waals surface area contributed by atoms with E-state index in [4.69, 9.17) is 0 Å². The van der Waals surface area contributed by atoms with Crippen LogP contribution in [0.1, 0.15) is 59.6 Å². The van der Waals surface area contributed by atoms with Gasteiger partial charge in [-0.15, -0.1) is 0 Å². The van der Waals surface area contributed by atoms with E-state index in [0.29, 0.717) is 37.2 Å². The summed E-state index contributed by atoms with van der Waals surface area (Å²) in [4.78, 5) is 31.2. The summed E-state index contributed by atoms with van der Waals surface area (Å²) in [5.74, 6) is -0.178. The Morgan fingerprint density at radius 3 is 2.17 bits per heavy atom. The van der Waals surface area contributed by atoms with Crippen molar-refractivity contribution in [1.82, 2.24) is 19.3 Å². The number of aryl methyl sites for hydroxylation is 1. The molecule has 4 rings (SSSR count). The molecule has 0 unspecified atom stereocenters. The number of rotatable bonds is 2. The number of aliphatic hydroxyl groups is 1. The van der Waals surface area contributed by atoms with Crippen molar-refractivity contribution in [3.05, 3.63) is 58.4 Å². The quantitative estimate of drug-likeness (QED) is 0.665. The Hall–Kier alpha value is -3.01. The highest BCUT2D eigenvalue weighted by molar-refractivity contribution is 5.94. The maximum atomic E-state index is 13.7. The summed E-state index contributed by atoms with van der Waals surface area (Å²) in [6.45, 7) is 6.04. The second kappa shape index (κ2) is 8.83. The third kappa shape index (κ3) is 4.36. The molecule has 2 aromatic rings. The van der Waals surface area contributed by atoms with Crippen molar-refractivity contribution in [3.63, 3.8) is 0 Å². The Morgan fingerprint density at radius 2 is 1.64 bits per heavy atom. The fourth-order valence-corrected chi connectivity index (χ4v) is 5.71. The zero-order valence-electron chi connectivity index (χ0n) is 21.3. The zero-order valence-corrected chi connectivity index (χ0v) is 21.3. The molecule has 2 aliphatic rings. The largest absolute Gasteiger partial charge is 0.431 e. The molecule has 1 spiro atoms. The first kappa shape index (κ1) is 26.1. The average molecular weight is 507 g/mol. The van der Waals surface area contributed by atoms with Crippen LogP contribution in [-0.4, -0.2) is 70.0 Å². The number of hydrogen-bond acceptors (Lipinski definition) is 3. The van der Waals surface area contributed by atoms with Crippen LogP contribution in [0, 0.1) is 6.92 Å². The number of amides is 3. The van der Waals surface area contributed by atoms with Gasteiger partial charge in [-0.3, -0.25) is 4.79 Å². The van der Waals surface area contributed by atoms with E-state index in [1.807, 2.05) is 6.92 Å². The van der Waals surface area contributed by atoms with Crippen LogP contribution in [0.4, 0.5) is 18.0 Å². The van der Waals surface area contributed by atoms with Crippen molar-refractivity contribution < 1.29 is 27.9 Å². The van der Waals surface area contributed by atoms with Gasteiger partial charge >= 0.3 is 12.2 Å². The van der Waals surface area contributed by atoms with E-state index in [1.54, 1.807) is 55.9 Å². The molecule has 0 radical (unpaired) electrons. The topological polar surface area (TPSA) is 69.0 Å². The Balaban J connectivity index is 1.63. The summed E-state index contributed by atoms with van der Waals surface area (Å²) >= 11 is 0. The maximum absolute atomic E-state index is 13.7. The molecule has 196 valence electrons. The van der Waals surface area contributed by atoms with Crippen molar-refractivity contribution >= 4 is 11.9 Å². The lowest BCUT2D eigenvalue weighted by Gasteiger charge is -2.52. The molecule has 3 heterocycles. The lowest BCUT2D eigenvalue weighted by molar-refractivity contribution is -0.144. The summed E-state index contributed by atoms with van der Waals surface area (Å²) < 4.78 is 42.3. The second-order valence-electron chi connectivity index (χ2n) is 10.5. The molecule has 7 nitrogen and oxygen atoms in total. The smallest absolute Gasteiger partial charge is 0.386 e. The number of alkyl halides is 3. The fourth-order valence-electron chi connectivity index (χ4n) is 5.71. The van der Waals surface area contributed by atoms with E-state index in [1.165, 1.54) is 15.5 Å². The number of piperidine rings is 1. The van der Waals surface area contributed by atoms with Gasteiger partial charge in [0.05, 0.1) is 11.1 Å². The van der Waals surface area contributed by atoms with E-state index in [-0.39, 0.29) is 25.0 Å². The Morgan fingerprint density at radius 1 is 1.00 bits per heavy atom. The highest BCUT2D eigenvalue weighted by Crippen LogP contribution is 2.45. The third-order valence-electron chi connectivity index (χ3n) is 7.44. The molecule has 0 atom stereocenters. The Labute approximate surface area is 209 Å². The standard InChI is InChI=1S/C26H33F3N4O3/c1-17-16-18(6-7-19(17)24(2,3)36)22(34)31-12-10-25(11-13-31)20-8-9-21(26(27,28)29)32(20)14-15-33(25)23(35)30(4)5/h6-9,16,36H,10-15H2,1-5H3. The summed E-state index contributed by atoms with van der Waals surface area (Å²) in [7, 11) is 3.26. The van der Waals surface area contributed by atoms with Gasteiger partial charge in [0.15, 0.2) is 0 Å². The molecule has 1 aromatic heterocycles. The van der Waals surface area contributed by atoms with Crippen LogP contribution in [0.25, 0.3) is 0 Å². The van der Waals surface area contributed by atoms with Crippen molar-refractivity contribution in [2.24, 2.45) is 0 Å². The van der Waals surface area contributed by atoms with Crippen molar-refractivity contribution in [2.75, 3.05) is 33.7 Å². The molecule has 10 heteroatoms. The van der Waals surface area contributed by atoms with Gasteiger partial charge in [0, 0.05) is 51.5 Å². The lowest BCUT2D eigenvalue weighted by Crippen LogP contribution is -2.61. The van der Waals surface area contributed by atoms with Crippen LogP contribution in [-0.2, 0) is 23.9 Å². The minimum atomic E-state index is -4.49. The number of likely N-dealkylation sites (tertiary alicyclic amines) is 1. The summed E-state index contributed by atoms with van der Waals surface area (Å²) in [6.07, 6.45) is -3.82. The zero-order chi connectivity index (χ0) is 26.6. The van der Waals surface area contributed by atoms with Crippen molar-refractivity contribution in [3.8, 4) is 0 Å². The van der Waals surface area contributed by atoms with Gasteiger partial charge in [-0.25, -0.2) is 4.79 Å². The number of nitrogens with zero attached hydrogens (tertiary/aromatic N) is 4. The van der Waals surface area contributed by atoms with Crippen LogP contribution in [0.3, 0.4) is 0 Å². The summed E-state index contributed by atoms with van der Waals surface area (Å²) in [5.41, 5.74) is -0.183. The molecule has 1 fully saturated rings. The number of benzene rings is 1. The molecule has 2 aliphatic heterocycles. The van der Waals surface area contributed by atoms with E-state index in [9.17, 15) is 27.9 Å². The summed E-state index contributed by atoms with van der Waals surface area (Å²) in [6, 6.07) is 7.51. The molecule has 0 aliphatic carbocycles. The second-order valence-corrected chi connectivity index (χ2v) is 10.5. The number of urea groups is 1. The first-order valence-corrected chi connectivity index (χ1v) is 12.1. The monoisotopic (exact) mass is 506 g/mol. The molecule has 1 N–H and O–H groups in total. The van der Waals surface area contributed by atoms with E-state index in [0.717, 1.165) is 17.2 Å². The Bertz CT molecular complexity index is 1170. The van der Waals surface area contributed by atoms with Gasteiger partial charge in [0.2, 0.25) is 0 Å². The van der Waals surface area contributed by atoms with Gasteiger partial charge in [0.1, 0.15) is 5.69 Å². The first-order valence-electron chi connectivity index (χ1n) is 12.1. The van der Waals surface area contributed by atoms with Crippen LogP contribution in [0.2, 0.25) is 0 Å². The van der Waals surface area contributed by atoms with Crippen LogP contribution in [0.5, 0.6) is 0 Å². The highest BCUT2D eigenvalue weighted by Gasteiger charge is 2.50. The SMILES string of the molecule is Cc1cc(C(=O)N2CCC3(CC2)c2ccc(C(F)(F)F)n2CCN3C(=O)N(C)C)ccc1C(C)(C)O. The molecule has 3 amide bonds. The third-order valence-corrected chi connectivity index (χ3v) is 7.44. The predicted octanol–water partition coefficient (Wildman–Crippen LogP) is 4.17. The fraction of sp³-hybridized carbons (Fsp3) is 0.538. The molecule has 36 heavy (non-hydrogen) atoms. The van der Waals surface area contributed by atoms with Crippen molar-refractivity contribution in [2.45, 2.75) is 57.5 Å². The minimum absolute atomic E-state index is 0.0635. The number of aromatic nitrogens is 1. The average Bonchev–Trinajstić information content (AvgIpc) is 3.24. The van der Waals surface area contributed by atoms with E-state index in [2.05, 4.69) is 0 Å². The van der Waals surface area contributed by atoms with Gasteiger partial charge < -0.3 is 24.4 Å². The molecule has 0 saturated carbocycles. The first-order chi connectivity index (χ1) is 16.7. The molecule has 0 bridgehead atoms. The number of halogens is 3. The van der Waals surface area contributed by atoms with Crippen LogP contribution < -0.4 is 0 Å². The number of fused-ring (bicyclic) bond motifs is 2. The van der Waals surface area contributed by atoms with E-state index < -0.39 is 23.0 Å². The van der Waals surface area contributed by atoms with E-state index >= 15 is 0 Å². The number of carbonyl (C=O) groups excluding carboxylic acids is 2. The Kier molecular flexibility index (Phi) is 6.39. The van der Waals surface area contributed by atoms with Crippen molar-refractivity contribution in [1.29, 1.82) is 0 Å². The maximum Gasteiger partial charge on any atom is 0.431 e. The molecular formula is C26H33F3N4O3. The number of hydrogen-bond donors (Lipinski definition) is 1. The van der Waals surface area contributed by atoms with Gasteiger partial charge in [-0.05, 0) is 69.0 Å². The lowest BCUT2D eigenvalue weighted by atomic mass is 9.81. The predicted molar refractivity (Wildman–Crippen MR) is 128 cm³/mol. The summed E-state index contributed by atoms with van der Waals surface area (Å²) in [5, 5.41) is 10.3. The van der Waals surface area contributed by atoms with Gasteiger partial charge in [0.25, 0.3) is 5.91 Å². The molecule has 1 aromatic carbocycles.